The minimum Gasteiger partial charge on any atom is -0.338 e. The van der Waals surface area contributed by atoms with Crippen molar-refractivity contribution < 1.29 is 4.79 Å². The Hall–Kier alpha value is -0.870. The van der Waals surface area contributed by atoms with Crippen LogP contribution in [0, 0.1) is 5.92 Å². The molecule has 18 heavy (non-hydrogen) atoms. The predicted molar refractivity (Wildman–Crippen MR) is 76.4 cm³/mol. The summed E-state index contributed by atoms with van der Waals surface area (Å²) in [6, 6.07) is 7.77. The highest BCUT2D eigenvalue weighted by atomic mass is 79.9. The van der Waals surface area contributed by atoms with E-state index in [1.54, 1.807) is 0 Å². The third kappa shape index (κ3) is 2.93. The lowest BCUT2D eigenvalue weighted by molar-refractivity contribution is 0.0649. The Morgan fingerprint density at radius 2 is 2.11 bits per heavy atom. The first-order valence-corrected chi connectivity index (χ1v) is 7.21. The molecule has 2 unspecified atom stereocenters. The molecule has 0 radical (unpaired) electrons. The van der Waals surface area contributed by atoms with E-state index in [0.717, 1.165) is 36.0 Å². The van der Waals surface area contributed by atoms with Gasteiger partial charge in [0.1, 0.15) is 0 Å². The Balaban J connectivity index is 2.07. The number of carbonyl (C=O) groups excluding carboxylic acids is 1. The van der Waals surface area contributed by atoms with Gasteiger partial charge in [-0.15, -0.1) is 0 Å². The molecule has 1 fully saturated rings. The Morgan fingerprint density at radius 1 is 1.44 bits per heavy atom. The lowest BCUT2D eigenvalue weighted by Crippen LogP contribution is -2.49. The highest BCUT2D eigenvalue weighted by Gasteiger charge is 2.28. The van der Waals surface area contributed by atoms with Gasteiger partial charge in [-0.2, -0.15) is 0 Å². The summed E-state index contributed by atoms with van der Waals surface area (Å²) in [7, 11) is 0. The van der Waals surface area contributed by atoms with E-state index in [9.17, 15) is 4.79 Å². The van der Waals surface area contributed by atoms with Gasteiger partial charge in [0.25, 0.3) is 5.91 Å². The number of hydrogen-bond acceptors (Lipinski definition) is 2. The molecule has 0 spiro atoms. The summed E-state index contributed by atoms with van der Waals surface area (Å²) in [4.78, 5) is 14.3. The lowest BCUT2D eigenvalue weighted by atomic mass is 9.90. The molecule has 1 aromatic rings. The van der Waals surface area contributed by atoms with E-state index in [0.29, 0.717) is 5.92 Å². The molecule has 0 bridgehead atoms. The van der Waals surface area contributed by atoms with Crippen LogP contribution in [0.15, 0.2) is 28.7 Å². The van der Waals surface area contributed by atoms with Crippen LogP contribution in [0.5, 0.6) is 0 Å². The largest absolute Gasteiger partial charge is 0.338 e. The predicted octanol–water partition coefficient (Wildman–Crippen LogP) is 2.65. The Kier molecular flexibility index (Phi) is 4.40. The molecule has 1 aliphatic rings. The van der Waals surface area contributed by atoms with Gasteiger partial charge in [-0.25, -0.2) is 0 Å². The van der Waals surface area contributed by atoms with Crippen LogP contribution >= 0.6 is 15.9 Å². The molecule has 98 valence electrons. The fourth-order valence-corrected chi connectivity index (χ4v) is 2.71. The third-order valence-corrected chi connectivity index (χ3v) is 4.22. The number of halogens is 1. The molecule has 3 nitrogen and oxygen atoms in total. The van der Waals surface area contributed by atoms with Crippen molar-refractivity contribution in [2.75, 3.05) is 13.1 Å². The number of amides is 1. The highest BCUT2D eigenvalue weighted by Crippen LogP contribution is 2.21. The molecule has 1 heterocycles. The van der Waals surface area contributed by atoms with Crippen molar-refractivity contribution in [1.82, 2.24) is 4.90 Å². The van der Waals surface area contributed by atoms with Gasteiger partial charge in [0.15, 0.2) is 0 Å². The van der Waals surface area contributed by atoms with Crippen LogP contribution in [-0.4, -0.2) is 29.9 Å². The number of nitrogens with zero attached hydrogens (tertiary/aromatic N) is 1. The number of piperidine rings is 1. The number of benzene rings is 1. The monoisotopic (exact) mass is 310 g/mol. The van der Waals surface area contributed by atoms with Crippen molar-refractivity contribution in [2.24, 2.45) is 11.7 Å². The topological polar surface area (TPSA) is 46.3 Å². The zero-order valence-electron chi connectivity index (χ0n) is 10.6. The first kappa shape index (κ1) is 13.6. The molecule has 1 amide bonds. The summed E-state index contributed by atoms with van der Waals surface area (Å²) in [6.07, 6.45) is 1.94. The average molecular weight is 311 g/mol. The second-order valence-corrected chi connectivity index (χ2v) is 5.79. The van der Waals surface area contributed by atoms with Crippen molar-refractivity contribution in [3.63, 3.8) is 0 Å². The summed E-state index contributed by atoms with van der Waals surface area (Å²) < 4.78 is 0.992. The normalized spacial score (nSPS) is 24.1. The SMILES string of the molecule is CCC1CN(C(=O)c2ccc(Br)cc2)CCC1N. The molecule has 0 aliphatic carbocycles. The zero-order valence-corrected chi connectivity index (χ0v) is 12.2. The van der Waals surface area contributed by atoms with Gasteiger partial charge < -0.3 is 10.6 Å². The van der Waals surface area contributed by atoms with Crippen molar-refractivity contribution in [3.8, 4) is 0 Å². The van der Waals surface area contributed by atoms with Gasteiger partial charge in [-0.05, 0) is 36.6 Å². The van der Waals surface area contributed by atoms with Crippen molar-refractivity contribution >= 4 is 21.8 Å². The van der Waals surface area contributed by atoms with Crippen LogP contribution in [0.25, 0.3) is 0 Å². The van der Waals surface area contributed by atoms with Gasteiger partial charge in [-0.1, -0.05) is 29.3 Å². The van der Waals surface area contributed by atoms with E-state index in [1.807, 2.05) is 29.2 Å². The molecular formula is C14H19BrN2O. The van der Waals surface area contributed by atoms with Crippen LogP contribution in [0.2, 0.25) is 0 Å². The van der Waals surface area contributed by atoms with E-state index in [4.69, 9.17) is 5.73 Å². The third-order valence-electron chi connectivity index (χ3n) is 3.70. The van der Waals surface area contributed by atoms with Gasteiger partial charge in [-0.3, -0.25) is 4.79 Å². The first-order chi connectivity index (χ1) is 8.61. The van der Waals surface area contributed by atoms with Gasteiger partial charge in [0.2, 0.25) is 0 Å². The average Bonchev–Trinajstić information content (AvgIpc) is 2.39. The smallest absolute Gasteiger partial charge is 0.253 e. The Morgan fingerprint density at radius 3 is 2.72 bits per heavy atom. The van der Waals surface area contributed by atoms with Crippen molar-refractivity contribution in [1.29, 1.82) is 0 Å². The maximum atomic E-state index is 12.3. The van der Waals surface area contributed by atoms with E-state index in [2.05, 4.69) is 22.9 Å². The van der Waals surface area contributed by atoms with Crippen molar-refractivity contribution in [3.05, 3.63) is 34.3 Å². The fraction of sp³-hybridized carbons (Fsp3) is 0.500. The summed E-state index contributed by atoms with van der Waals surface area (Å²) >= 11 is 3.38. The number of rotatable bonds is 2. The van der Waals surface area contributed by atoms with Gasteiger partial charge in [0.05, 0.1) is 0 Å². The highest BCUT2D eigenvalue weighted by molar-refractivity contribution is 9.10. The summed E-state index contributed by atoms with van der Waals surface area (Å²) in [6.45, 7) is 3.69. The van der Waals surface area contributed by atoms with Crippen LogP contribution in [0.4, 0.5) is 0 Å². The molecule has 4 heteroatoms. The maximum Gasteiger partial charge on any atom is 0.253 e. The van der Waals surface area contributed by atoms with Crippen LogP contribution in [0.1, 0.15) is 30.1 Å². The lowest BCUT2D eigenvalue weighted by Gasteiger charge is -2.36. The van der Waals surface area contributed by atoms with Gasteiger partial charge in [0, 0.05) is 29.2 Å². The summed E-state index contributed by atoms with van der Waals surface area (Å²) in [5.41, 5.74) is 6.82. The van der Waals surface area contributed by atoms with E-state index >= 15 is 0 Å². The molecule has 1 aliphatic heterocycles. The molecule has 1 saturated heterocycles. The van der Waals surface area contributed by atoms with E-state index in [1.165, 1.54) is 0 Å². The van der Waals surface area contributed by atoms with Crippen molar-refractivity contribution in [2.45, 2.75) is 25.8 Å². The Labute approximate surface area is 116 Å². The second-order valence-electron chi connectivity index (χ2n) is 4.88. The molecule has 0 aromatic heterocycles. The molecule has 1 aromatic carbocycles. The summed E-state index contributed by atoms with van der Waals surface area (Å²) in [5, 5.41) is 0. The molecule has 2 atom stereocenters. The number of hydrogen-bond donors (Lipinski definition) is 1. The number of carbonyl (C=O) groups is 1. The van der Waals surface area contributed by atoms with Crippen LogP contribution in [-0.2, 0) is 0 Å². The Bertz CT molecular complexity index is 418. The quantitative estimate of drug-likeness (QED) is 0.913. The number of nitrogens with two attached hydrogens (primary N) is 1. The number of likely N-dealkylation sites (tertiary alicyclic amines) is 1. The summed E-state index contributed by atoms with van der Waals surface area (Å²) in [5.74, 6) is 0.547. The molecule has 0 saturated carbocycles. The first-order valence-electron chi connectivity index (χ1n) is 6.42. The van der Waals surface area contributed by atoms with Crippen LogP contribution < -0.4 is 5.73 Å². The van der Waals surface area contributed by atoms with E-state index < -0.39 is 0 Å². The van der Waals surface area contributed by atoms with Gasteiger partial charge >= 0.3 is 0 Å². The maximum absolute atomic E-state index is 12.3. The minimum atomic E-state index is 0.118. The standard InChI is InChI=1S/C14H19BrN2O/c1-2-10-9-17(8-7-13(10)16)14(18)11-3-5-12(15)6-4-11/h3-6,10,13H,2,7-9,16H2,1H3. The molecule has 2 N–H and O–H groups in total. The zero-order chi connectivity index (χ0) is 13.1. The fourth-order valence-electron chi connectivity index (χ4n) is 2.44. The molecule has 2 rings (SSSR count). The minimum absolute atomic E-state index is 0.118. The second kappa shape index (κ2) is 5.85. The van der Waals surface area contributed by atoms with Crippen LogP contribution in [0.3, 0.4) is 0 Å². The van der Waals surface area contributed by atoms with E-state index in [-0.39, 0.29) is 11.9 Å². The molecular weight excluding hydrogens is 292 g/mol.